The van der Waals surface area contributed by atoms with Crippen molar-refractivity contribution in [3.8, 4) is 17.2 Å². The van der Waals surface area contributed by atoms with E-state index in [9.17, 15) is 14.7 Å². The Morgan fingerprint density at radius 1 is 1.12 bits per heavy atom. The van der Waals surface area contributed by atoms with Crippen molar-refractivity contribution in [3.63, 3.8) is 0 Å². The molecule has 0 fully saturated rings. The van der Waals surface area contributed by atoms with E-state index in [1.54, 1.807) is 43.3 Å². The van der Waals surface area contributed by atoms with E-state index in [-0.39, 0.29) is 27.5 Å². The van der Waals surface area contributed by atoms with Gasteiger partial charge >= 0.3 is 5.97 Å². The van der Waals surface area contributed by atoms with Crippen LogP contribution in [-0.2, 0) is 9.53 Å². The van der Waals surface area contributed by atoms with Gasteiger partial charge in [-0.15, -0.1) is 0 Å². The maximum absolute atomic E-state index is 14.1. The number of esters is 1. The van der Waals surface area contributed by atoms with E-state index in [0.717, 1.165) is 11.3 Å². The molecule has 0 bridgehead atoms. The Labute approximate surface area is 252 Å². The Morgan fingerprint density at radius 3 is 2.54 bits per heavy atom. The van der Waals surface area contributed by atoms with E-state index >= 15 is 0 Å². The van der Waals surface area contributed by atoms with Crippen LogP contribution in [0.15, 0.2) is 80.5 Å². The first-order valence-electron chi connectivity index (χ1n) is 12.5. The Hall–Kier alpha value is -3.86. The van der Waals surface area contributed by atoms with Crippen molar-refractivity contribution in [2.24, 2.45) is 4.99 Å². The lowest BCUT2D eigenvalue weighted by Gasteiger charge is -2.26. The average Bonchev–Trinajstić information content (AvgIpc) is 3.29. The largest absolute Gasteiger partial charge is 0.506 e. The summed E-state index contributed by atoms with van der Waals surface area (Å²) in [4.78, 5) is 32.9. The molecule has 3 aromatic carbocycles. The number of aromatic nitrogens is 1. The van der Waals surface area contributed by atoms with Crippen LogP contribution < -0.4 is 24.4 Å². The highest BCUT2D eigenvalue weighted by molar-refractivity contribution is 9.10. The summed E-state index contributed by atoms with van der Waals surface area (Å²) in [5.41, 5.74) is 1.83. The number of nitrogens with zero attached hydrogens (tertiary/aromatic N) is 2. The molecule has 0 saturated carbocycles. The zero-order valence-electron chi connectivity index (χ0n) is 22.2. The van der Waals surface area contributed by atoms with E-state index in [1.807, 2.05) is 30.3 Å². The minimum atomic E-state index is -0.901. The van der Waals surface area contributed by atoms with E-state index in [1.165, 1.54) is 18.8 Å². The number of phenolic OH excluding ortho intramolecular Hbond substituents is 1. The van der Waals surface area contributed by atoms with Crippen molar-refractivity contribution in [2.75, 3.05) is 20.8 Å². The van der Waals surface area contributed by atoms with Crippen LogP contribution in [0.4, 0.5) is 0 Å². The summed E-state index contributed by atoms with van der Waals surface area (Å²) in [6.07, 6.45) is 1.55. The van der Waals surface area contributed by atoms with Gasteiger partial charge in [0.15, 0.2) is 16.3 Å². The third kappa shape index (κ3) is 5.42. The molecular formula is C30H24BrClN2O6S. The highest BCUT2D eigenvalue weighted by atomic mass is 79.9. The van der Waals surface area contributed by atoms with Gasteiger partial charge in [-0.1, -0.05) is 75.3 Å². The van der Waals surface area contributed by atoms with Crippen LogP contribution in [0.1, 0.15) is 29.7 Å². The van der Waals surface area contributed by atoms with Crippen molar-refractivity contribution >= 4 is 56.6 Å². The van der Waals surface area contributed by atoms with E-state index in [0.29, 0.717) is 43.2 Å². The lowest BCUT2D eigenvalue weighted by Crippen LogP contribution is -2.40. The molecule has 4 aromatic rings. The number of hydrogen-bond donors (Lipinski definition) is 1. The molecule has 41 heavy (non-hydrogen) atoms. The second-order valence-corrected chi connectivity index (χ2v) is 11.2. The maximum atomic E-state index is 14.1. The van der Waals surface area contributed by atoms with Gasteiger partial charge in [0.05, 0.1) is 47.7 Å². The number of ether oxygens (including phenoxy) is 3. The maximum Gasteiger partial charge on any atom is 0.338 e. The van der Waals surface area contributed by atoms with Gasteiger partial charge in [-0.25, -0.2) is 9.79 Å². The number of phenols is 1. The average molecular weight is 656 g/mol. The number of carbonyl (C=O) groups excluding carboxylic acids is 1. The number of aromatic hydroxyl groups is 1. The smallest absolute Gasteiger partial charge is 0.338 e. The molecule has 0 saturated heterocycles. The third-order valence-corrected chi connectivity index (χ3v) is 8.17. The molecule has 0 amide bonds. The molecule has 210 valence electrons. The summed E-state index contributed by atoms with van der Waals surface area (Å²) >= 11 is 10.7. The van der Waals surface area contributed by atoms with Gasteiger partial charge in [-0.05, 0) is 42.8 Å². The van der Waals surface area contributed by atoms with Crippen LogP contribution in [0.25, 0.3) is 11.8 Å². The summed E-state index contributed by atoms with van der Waals surface area (Å²) in [5, 5.41) is 10.7. The van der Waals surface area contributed by atoms with Gasteiger partial charge in [-0.3, -0.25) is 9.36 Å². The fraction of sp³-hybridized carbons (Fsp3) is 0.167. The molecule has 0 spiro atoms. The fourth-order valence-corrected chi connectivity index (χ4v) is 6.44. The standard InChI is InChI=1S/C30H24BrClN2O6S/c1-4-40-29(37)24-25(16-8-6-5-7-9-16)33-30-34(26(24)17-10-11-21(38-2)22(13-17)39-3)28(36)23(41-30)14-18-12-19(31)15-20(32)27(18)35/h5-15,26,35H,4H2,1-3H3/b23-14-/t26-/m0/s1. The summed E-state index contributed by atoms with van der Waals surface area (Å²) in [6, 6.07) is 16.8. The Balaban J connectivity index is 1.86. The van der Waals surface area contributed by atoms with E-state index in [4.69, 9.17) is 30.8 Å². The summed E-state index contributed by atoms with van der Waals surface area (Å²) < 4.78 is 18.9. The molecule has 1 N–H and O–H groups in total. The summed E-state index contributed by atoms with van der Waals surface area (Å²) in [6.45, 7) is 1.85. The van der Waals surface area contributed by atoms with Crippen molar-refractivity contribution < 1.29 is 24.1 Å². The quantitative estimate of drug-likeness (QED) is 0.279. The van der Waals surface area contributed by atoms with Gasteiger partial charge in [0, 0.05) is 15.6 Å². The lowest BCUT2D eigenvalue weighted by molar-refractivity contribution is -0.138. The summed E-state index contributed by atoms with van der Waals surface area (Å²) in [7, 11) is 3.04. The molecule has 11 heteroatoms. The minimum Gasteiger partial charge on any atom is -0.506 e. The van der Waals surface area contributed by atoms with Gasteiger partial charge in [-0.2, -0.15) is 0 Å². The number of fused-ring (bicyclic) bond motifs is 1. The van der Waals surface area contributed by atoms with E-state index in [2.05, 4.69) is 15.9 Å². The van der Waals surface area contributed by atoms with Crippen LogP contribution in [0.3, 0.4) is 0 Å². The van der Waals surface area contributed by atoms with Crippen LogP contribution in [-0.4, -0.2) is 36.5 Å². The number of methoxy groups -OCH3 is 2. The van der Waals surface area contributed by atoms with Crippen molar-refractivity contribution in [1.82, 2.24) is 4.57 Å². The molecule has 1 aromatic heterocycles. The SMILES string of the molecule is CCOC(=O)C1=C(c2ccccc2)N=c2s/c(=C\c3cc(Br)cc(Cl)c3O)c(=O)n2[C@H]1c1ccc(OC)c(OC)c1. The molecule has 0 radical (unpaired) electrons. The summed E-state index contributed by atoms with van der Waals surface area (Å²) in [5.74, 6) is 0.174. The third-order valence-electron chi connectivity index (χ3n) is 6.44. The molecule has 0 aliphatic carbocycles. The number of benzene rings is 3. The molecule has 8 nitrogen and oxygen atoms in total. The fourth-order valence-electron chi connectivity index (χ4n) is 4.62. The molecule has 0 unspecified atom stereocenters. The van der Waals surface area contributed by atoms with Crippen molar-refractivity contribution in [2.45, 2.75) is 13.0 Å². The van der Waals surface area contributed by atoms with Crippen LogP contribution in [0, 0.1) is 0 Å². The van der Waals surface area contributed by atoms with Crippen LogP contribution >= 0.6 is 38.9 Å². The van der Waals surface area contributed by atoms with Gasteiger partial charge in [0.2, 0.25) is 0 Å². The Morgan fingerprint density at radius 2 is 1.85 bits per heavy atom. The molecular weight excluding hydrogens is 632 g/mol. The Bertz CT molecular complexity index is 1870. The number of rotatable bonds is 7. The highest BCUT2D eigenvalue weighted by Crippen LogP contribution is 2.38. The first kappa shape index (κ1) is 28.7. The lowest BCUT2D eigenvalue weighted by atomic mass is 9.93. The Kier molecular flexibility index (Phi) is 8.35. The van der Waals surface area contributed by atoms with E-state index < -0.39 is 17.6 Å². The normalized spacial score (nSPS) is 14.9. The molecule has 2 heterocycles. The highest BCUT2D eigenvalue weighted by Gasteiger charge is 2.35. The van der Waals surface area contributed by atoms with Crippen molar-refractivity contribution in [3.05, 3.63) is 112 Å². The zero-order valence-corrected chi connectivity index (χ0v) is 25.3. The predicted octanol–water partition coefficient (Wildman–Crippen LogP) is 5.07. The van der Waals surface area contributed by atoms with Gasteiger partial charge in [0.1, 0.15) is 5.75 Å². The number of carbonyl (C=O) groups is 1. The second-order valence-electron chi connectivity index (χ2n) is 8.87. The molecule has 1 aliphatic heterocycles. The number of halogens is 2. The predicted molar refractivity (Wildman–Crippen MR) is 161 cm³/mol. The van der Waals surface area contributed by atoms with Crippen LogP contribution in [0.2, 0.25) is 5.02 Å². The van der Waals surface area contributed by atoms with Gasteiger partial charge < -0.3 is 19.3 Å². The monoisotopic (exact) mass is 654 g/mol. The van der Waals surface area contributed by atoms with Gasteiger partial charge in [0.25, 0.3) is 5.56 Å². The number of hydrogen-bond acceptors (Lipinski definition) is 8. The minimum absolute atomic E-state index is 0.135. The first-order chi connectivity index (χ1) is 19.8. The molecule has 5 rings (SSSR count). The van der Waals surface area contributed by atoms with Crippen LogP contribution in [0.5, 0.6) is 17.2 Å². The van der Waals surface area contributed by atoms with Crippen molar-refractivity contribution in [1.29, 1.82) is 0 Å². The second kappa shape index (κ2) is 11.9. The number of thiazole rings is 1. The molecule has 1 atom stereocenters. The first-order valence-corrected chi connectivity index (χ1v) is 14.4. The topological polar surface area (TPSA) is 99.4 Å². The zero-order chi connectivity index (χ0) is 29.3. The molecule has 1 aliphatic rings.